The van der Waals surface area contributed by atoms with Crippen LogP contribution in [-0.2, 0) is 6.54 Å². The number of para-hydroxylation sites is 2. The zero-order chi connectivity index (χ0) is 21.7. The van der Waals surface area contributed by atoms with Crippen molar-refractivity contribution >= 4 is 34.1 Å². The van der Waals surface area contributed by atoms with Crippen LogP contribution in [0, 0.1) is 0 Å². The highest BCUT2D eigenvalue weighted by Gasteiger charge is 2.30. The monoisotopic (exact) mass is 432 g/mol. The summed E-state index contributed by atoms with van der Waals surface area (Å²) in [6.45, 7) is 1.49. The summed E-state index contributed by atoms with van der Waals surface area (Å²) in [7, 11) is 0. The number of carbonyl (C=O) groups is 1. The zero-order valence-electron chi connectivity index (χ0n) is 17.5. The smallest absolute Gasteiger partial charge is 0.407 e. The summed E-state index contributed by atoms with van der Waals surface area (Å²) in [6.07, 6.45) is 4.73. The summed E-state index contributed by atoms with van der Waals surface area (Å²) in [6, 6.07) is 8.03. The molecule has 10 nitrogen and oxygen atoms in total. The molecule has 1 amide bonds. The molecule has 2 aliphatic rings. The van der Waals surface area contributed by atoms with Crippen LogP contribution in [0.15, 0.2) is 30.5 Å². The summed E-state index contributed by atoms with van der Waals surface area (Å²) in [5, 5.41) is 17.5. The van der Waals surface area contributed by atoms with E-state index in [0.717, 1.165) is 46.6 Å². The number of nitrogens with one attached hydrogen (secondary N) is 2. The van der Waals surface area contributed by atoms with Crippen molar-refractivity contribution in [2.24, 2.45) is 0 Å². The molecule has 0 radical (unpaired) electrons. The first-order chi connectivity index (χ1) is 15.7. The Balaban J connectivity index is 1.30. The number of hydrogen-bond donors (Lipinski definition) is 3. The van der Waals surface area contributed by atoms with Crippen molar-refractivity contribution in [2.45, 2.75) is 44.2 Å². The molecule has 10 heteroatoms. The lowest BCUT2D eigenvalue weighted by atomic mass is 10.1. The minimum absolute atomic E-state index is 0.0959. The van der Waals surface area contributed by atoms with Crippen LogP contribution in [0.5, 0.6) is 0 Å². The third kappa shape index (κ3) is 3.41. The minimum atomic E-state index is -0.863. The molecular weight excluding hydrogens is 408 g/mol. The Bertz CT molecular complexity index is 1270. The van der Waals surface area contributed by atoms with E-state index in [1.807, 2.05) is 35.1 Å². The second-order valence-electron chi connectivity index (χ2n) is 8.59. The molecule has 164 valence electrons. The van der Waals surface area contributed by atoms with Crippen LogP contribution >= 0.6 is 0 Å². The first kappa shape index (κ1) is 19.0. The van der Waals surface area contributed by atoms with Gasteiger partial charge in [-0.3, -0.25) is 0 Å². The zero-order valence-corrected chi connectivity index (χ0v) is 17.5. The standard InChI is InChI=1S/C22H24N8O2/c31-22(32)29-9-7-14(8-10-29)30-21-19(23-11-17(27-21)13-5-6-13)20(28-30)24-12-18-25-15-3-1-2-4-16(15)26-18/h1-4,11,13-14H,5-10,12H2,(H,24,28)(H,25,26)(H,31,32). The lowest BCUT2D eigenvalue weighted by Gasteiger charge is -2.30. The van der Waals surface area contributed by atoms with Gasteiger partial charge < -0.3 is 20.3 Å². The summed E-state index contributed by atoms with van der Waals surface area (Å²) in [5.41, 5.74) is 4.46. The predicted molar refractivity (Wildman–Crippen MR) is 119 cm³/mol. The fraction of sp³-hybridized carbons (Fsp3) is 0.409. The molecule has 3 aromatic heterocycles. The van der Waals surface area contributed by atoms with Gasteiger partial charge in [0.15, 0.2) is 17.0 Å². The number of benzene rings is 1. The number of aromatic nitrogens is 6. The average Bonchev–Trinajstić information content (AvgIpc) is 3.48. The van der Waals surface area contributed by atoms with E-state index in [-0.39, 0.29) is 6.04 Å². The Morgan fingerprint density at radius 3 is 2.72 bits per heavy atom. The van der Waals surface area contributed by atoms with E-state index in [0.29, 0.717) is 44.2 Å². The Labute approximate surface area is 183 Å². The fourth-order valence-electron chi connectivity index (χ4n) is 4.43. The second-order valence-corrected chi connectivity index (χ2v) is 8.59. The molecule has 0 unspecified atom stereocenters. The number of imidazole rings is 1. The number of likely N-dealkylation sites (tertiary alicyclic amines) is 1. The summed E-state index contributed by atoms with van der Waals surface area (Å²) >= 11 is 0. The van der Waals surface area contributed by atoms with Crippen molar-refractivity contribution in [3.8, 4) is 0 Å². The van der Waals surface area contributed by atoms with Gasteiger partial charge >= 0.3 is 6.09 Å². The number of amides is 1. The van der Waals surface area contributed by atoms with Crippen molar-refractivity contribution in [3.63, 3.8) is 0 Å². The molecule has 0 bridgehead atoms. The molecule has 6 rings (SSSR count). The van der Waals surface area contributed by atoms with Gasteiger partial charge in [0.2, 0.25) is 0 Å². The second kappa shape index (κ2) is 7.47. The van der Waals surface area contributed by atoms with Crippen molar-refractivity contribution in [3.05, 3.63) is 42.0 Å². The SMILES string of the molecule is O=C(O)N1CCC(n2nc(NCc3nc4ccccc4[nH]3)c3ncc(C4CC4)nc32)CC1. The molecule has 4 heterocycles. The lowest BCUT2D eigenvalue weighted by Crippen LogP contribution is -2.38. The van der Waals surface area contributed by atoms with Crippen LogP contribution in [0.2, 0.25) is 0 Å². The molecule has 4 aromatic rings. The molecule has 1 saturated carbocycles. The van der Waals surface area contributed by atoms with Gasteiger partial charge in [-0.05, 0) is 37.8 Å². The molecule has 2 fully saturated rings. The third-order valence-corrected chi connectivity index (χ3v) is 6.36. The summed E-state index contributed by atoms with van der Waals surface area (Å²) < 4.78 is 1.95. The van der Waals surface area contributed by atoms with Crippen LogP contribution in [0.25, 0.3) is 22.2 Å². The predicted octanol–water partition coefficient (Wildman–Crippen LogP) is 3.51. The van der Waals surface area contributed by atoms with Gasteiger partial charge in [0.05, 0.1) is 29.3 Å². The molecule has 1 aliphatic heterocycles. The number of fused-ring (bicyclic) bond motifs is 2. The normalized spacial score (nSPS) is 17.3. The van der Waals surface area contributed by atoms with Gasteiger partial charge in [0.25, 0.3) is 0 Å². The topological polar surface area (TPSA) is 125 Å². The number of H-pyrrole nitrogens is 1. The number of aromatic amines is 1. The van der Waals surface area contributed by atoms with Gasteiger partial charge in [-0.25, -0.2) is 24.4 Å². The number of rotatable bonds is 5. The fourth-order valence-corrected chi connectivity index (χ4v) is 4.43. The molecule has 1 aliphatic carbocycles. The van der Waals surface area contributed by atoms with E-state index in [2.05, 4.69) is 15.3 Å². The Morgan fingerprint density at radius 2 is 1.97 bits per heavy atom. The molecule has 0 spiro atoms. The molecule has 3 N–H and O–H groups in total. The van der Waals surface area contributed by atoms with E-state index in [4.69, 9.17) is 15.1 Å². The van der Waals surface area contributed by atoms with Gasteiger partial charge in [-0.1, -0.05) is 12.1 Å². The highest BCUT2D eigenvalue weighted by Crippen LogP contribution is 2.39. The minimum Gasteiger partial charge on any atom is -0.465 e. The molecule has 32 heavy (non-hydrogen) atoms. The van der Waals surface area contributed by atoms with Crippen LogP contribution in [-0.4, -0.2) is 58.9 Å². The van der Waals surface area contributed by atoms with Crippen molar-refractivity contribution in [2.75, 3.05) is 18.4 Å². The quantitative estimate of drug-likeness (QED) is 0.441. The highest BCUT2D eigenvalue weighted by molar-refractivity contribution is 5.83. The number of nitrogens with zero attached hydrogens (tertiary/aromatic N) is 6. The first-order valence-corrected chi connectivity index (χ1v) is 11.1. The van der Waals surface area contributed by atoms with Crippen molar-refractivity contribution < 1.29 is 9.90 Å². The highest BCUT2D eigenvalue weighted by atomic mass is 16.4. The van der Waals surface area contributed by atoms with E-state index < -0.39 is 6.09 Å². The van der Waals surface area contributed by atoms with E-state index in [1.165, 1.54) is 4.90 Å². The number of hydrogen-bond acceptors (Lipinski definition) is 6. The number of carboxylic acid groups (broad SMARTS) is 1. The molecular formula is C22H24N8O2. The van der Waals surface area contributed by atoms with Crippen LogP contribution in [0.1, 0.15) is 49.2 Å². The molecule has 1 saturated heterocycles. The third-order valence-electron chi connectivity index (χ3n) is 6.36. The lowest BCUT2D eigenvalue weighted by molar-refractivity contribution is 0.124. The molecule has 1 aromatic carbocycles. The maximum atomic E-state index is 11.3. The number of anilines is 1. The van der Waals surface area contributed by atoms with Crippen LogP contribution < -0.4 is 5.32 Å². The molecule has 0 atom stereocenters. The Hall–Kier alpha value is -3.69. The van der Waals surface area contributed by atoms with Crippen molar-refractivity contribution in [1.29, 1.82) is 0 Å². The maximum absolute atomic E-state index is 11.3. The van der Waals surface area contributed by atoms with Gasteiger partial charge in [0, 0.05) is 25.2 Å². The Kier molecular flexibility index (Phi) is 4.44. The Morgan fingerprint density at radius 1 is 1.16 bits per heavy atom. The largest absolute Gasteiger partial charge is 0.465 e. The number of piperidine rings is 1. The summed E-state index contributed by atoms with van der Waals surface area (Å²) in [5.74, 6) is 2.00. The van der Waals surface area contributed by atoms with Gasteiger partial charge in [-0.2, -0.15) is 5.10 Å². The van der Waals surface area contributed by atoms with Crippen molar-refractivity contribution in [1.82, 2.24) is 34.6 Å². The van der Waals surface area contributed by atoms with E-state index in [1.54, 1.807) is 0 Å². The van der Waals surface area contributed by atoms with Gasteiger partial charge in [-0.15, -0.1) is 0 Å². The maximum Gasteiger partial charge on any atom is 0.407 e. The summed E-state index contributed by atoms with van der Waals surface area (Å²) in [4.78, 5) is 30.3. The first-order valence-electron chi connectivity index (χ1n) is 11.1. The van der Waals surface area contributed by atoms with E-state index >= 15 is 0 Å². The van der Waals surface area contributed by atoms with Crippen LogP contribution in [0.3, 0.4) is 0 Å². The van der Waals surface area contributed by atoms with E-state index in [9.17, 15) is 9.90 Å². The van der Waals surface area contributed by atoms with Crippen LogP contribution in [0.4, 0.5) is 10.6 Å². The van der Waals surface area contributed by atoms with Gasteiger partial charge in [0.1, 0.15) is 5.82 Å². The average molecular weight is 432 g/mol.